The average Bonchev–Trinajstić information content (AvgIpc) is 2.83. The first-order valence-corrected chi connectivity index (χ1v) is 9.17. The zero-order valence-corrected chi connectivity index (χ0v) is 16.0. The van der Waals surface area contributed by atoms with Crippen molar-refractivity contribution in [2.24, 2.45) is 0 Å². The first-order chi connectivity index (χ1) is 13.5. The van der Waals surface area contributed by atoms with E-state index in [-0.39, 0.29) is 23.9 Å². The smallest absolute Gasteiger partial charge is 0.343 e. The van der Waals surface area contributed by atoms with Gasteiger partial charge in [-0.3, -0.25) is 4.79 Å². The summed E-state index contributed by atoms with van der Waals surface area (Å²) in [5, 5.41) is 9.03. The number of hydrogen-bond donors (Lipinski definition) is 3. The molecule has 2 aromatic rings. The van der Waals surface area contributed by atoms with Crippen molar-refractivity contribution < 1.29 is 14.3 Å². The fourth-order valence-corrected chi connectivity index (χ4v) is 2.87. The van der Waals surface area contributed by atoms with Crippen LogP contribution in [0.4, 0.5) is 11.4 Å². The van der Waals surface area contributed by atoms with Crippen molar-refractivity contribution >= 4 is 23.3 Å². The van der Waals surface area contributed by atoms with Crippen molar-refractivity contribution in [2.45, 2.75) is 20.3 Å². The molecule has 2 aromatic carbocycles. The number of fused-ring (bicyclic) bond motifs is 1. The minimum absolute atomic E-state index is 0.150. The number of ether oxygens (including phenoxy) is 1. The van der Waals surface area contributed by atoms with E-state index in [1.807, 2.05) is 36.4 Å². The monoisotopic (exact) mass is 377 g/mol. The van der Waals surface area contributed by atoms with Gasteiger partial charge in [0.1, 0.15) is 11.4 Å². The second kappa shape index (κ2) is 8.43. The van der Waals surface area contributed by atoms with Gasteiger partial charge >= 0.3 is 5.97 Å². The Labute approximate surface area is 164 Å². The first kappa shape index (κ1) is 19.2. The normalized spacial score (nSPS) is 13.0. The summed E-state index contributed by atoms with van der Waals surface area (Å²) in [6.45, 7) is 7.94. The molecule has 0 aliphatic carbocycles. The van der Waals surface area contributed by atoms with Crippen molar-refractivity contribution in [3.63, 3.8) is 0 Å². The Balaban J connectivity index is 1.97. The van der Waals surface area contributed by atoms with Crippen LogP contribution < -0.4 is 16.0 Å². The van der Waals surface area contributed by atoms with Gasteiger partial charge in [-0.2, -0.15) is 0 Å². The van der Waals surface area contributed by atoms with E-state index in [0.29, 0.717) is 16.9 Å². The third kappa shape index (κ3) is 4.06. The molecule has 0 aromatic heterocycles. The lowest BCUT2D eigenvalue weighted by Crippen LogP contribution is -2.30. The van der Waals surface area contributed by atoms with Gasteiger partial charge in [0.15, 0.2) is 0 Å². The van der Waals surface area contributed by atoms with Crippen molar-refractivity contribution in [2.75, 3.05) is 17.2 Å². The van der Waals surface area contributed by atoms with Crippen LogP contribution in [0.25, 0.3) is 0 Å². The standard InChI is InChI=1S/C22H23N3O3/c1-4-15-10-12-16(13-11-15)21(26)25-20-19(22(27)28-5-2)14(3)23-17-8-6-7-9-18(17)24-20/h6-13,23-24H,3-5H2,1-2H3,(H,25,26). The molecule has 3 N–H and O–H groups in total. The predicted octanol–water partition coefficient (Wildman–Crippen LogP) is 3.80. The number of amides is 1. The van der Waals surface area contributed by atoms with Crippen LogP contribution in [0, 0.1) is 0 Å². The molecule has 0 radical (unpaired) electrons. The zero-order chi connectivity index (χ0) is 20.1. The molecule has 1 aliphatic rings. The summed E-state index contributed by atoms with van der Waals surface area (Å²) >= 11 is 0. The molecule has 6 heteroatoms. The highest BCUT2D eigenvalue weighted by molar-refractivity contribution is 6.01. The van der Waals surface area contributed by atoms with E-state index in [2.05, 4.69) is 29.5 Å². The van der Waals surface area contributed by atoms with Crippen LogP contribution in [0.2, 0.25) is 0 Å². The largest absolute Gasteiger partial charge is 0.462 e. The molecule has 0 saturated heterocycles. The minimum Gasteiger partial charge on any atom is -0.462 e. The van der Waals surface area contributed by atoms with Gasteiger partial charge in [-0.05, 0) is 43.2 Å². The maximum absolute atomic E-state index is 12.8. The second-order valence-electron chi connectivity index (χ2n) is 6.25. The second-order valence-corrected chi connectivity index (χ2v) is 6.25. The molecule has 1 aliphatic heterocycles. The van der Waals surface area contributed by atoms with Gasteiger partial charge in [-0.15, -0.1) is 0 Å². The molecular weight excluding hydrogens is 354 g/mol. The third-order valence-corrected chi connectivity index (χ3v) is 4.37. The molecule has 0 atom stereocenters. The van der Waals surface area contributed by atoms with Crippen molar-refractivity contribution in [3.8, 4) is 0 Å². The summed E-state index contributed by atoms with van der Waals surface area (Å²) in [5.74, 6) is -0.679. The quantitative estimate of drug-likeness (QED) is 0.691. The Morgan fingerprint density at radius 2 is 1.64 bits per heavy atom. The van der Waals surface area contributed by atoms with Crippen LogP contribution in [0.1, 0.15) is 29.8 Å². The molecule has 0 bridgehead atoms. The summed E-state index contributed by atoms with van der Waals surface area (Å²) in [5.41, 5.74) is 3.57. The van der Waals surface area contributed by atoms with Crippen LogP contribution in [-0.4, -0.2) is 18.5 Å². The van der Waals surface area contributed by atoms with Crippen LogP contribution >= 0.6 is 0 Å². The van der Waals surface area contributed by atoms with Gasteiger partial charge in [-0.1, -0.05) is 37.8 Å². The number of esters is 1. The minimum atomic E-state index is -0.572. The van der Waals surface area contributed by atoms with Crippen molar-refractivity contribution in [3.05, 3.63) is 83.3 Å². The topological polar surface area (TPSA) is 79.5 Å². The summed E-state index contributed by atoms with van der Waals surface area (Å²) in [7, 11) is 0. The number of benzene rings is 2. The van der Waals surface area contributed by atoms with E-state index in [1.165, 1.54) is 0 Å². The molecule has 0 spiro atoms. The lowest BCUT2D eigenvalue weighted by Gasteiger charge is -2.15. The van der Waals surface area contributed by atoms with E-state index in [9.17, 15) is 9.59 Å². The van der Waals surface area contributed by atoms with E-state index in [4.69, 9.17) is 4.74 Å². The molecule has 0 fully saturated rings. The van der Waals surface area contributed by atoms with Gasteiger partial charge in [0.05, 0.1) is 18.0 Å². The maximum Gasteiger partial charge on any atom is 0.343 e. The SMILES string of the molecule is C=C1Nc2ccccc2NC(NC(=O)c2ccc(CC)cc2)=C1C(=O)OCC. The highest BCUT2D eigenvalue weighted by atomic mass is 16.5. The lowest BCUT2D eigenvalue weighted by molar-refractivity contribution is -0.138. The van der Waals surface area contributed by atoms with Gasteiger partial charge in [0.2, 0.25) is 0 Å². The Kier molecular flexibility index (Phi) is 5.79. The Bertz CT molecular complexity index is 946. The molecule has 1 amide bonds. The van der Waals surface area contributed by atoms with Gasteiger partial charge in [-0.25, -0.2) is 4.79 Å². The Morgan fingerprint density at radius 1 is 1.00 bits per heavy atom. The van der Waals surface area contributed by atoms with Crippen LogP contribution in [-0.2, 0) is 16.0 Å². The van der Waals surface area contributed by atoms with E-state index in [1.54, 1.807) is 19.1 Å². The van der Waals surface area contributed by atoms with Gasteiger partial charge < -0.3 is 20.7 Å². The highest BCUT2D eigenvalue weighted by Gasteiger charge is 2.26. The maximum atomic E-state index is 12.8. The number of carbonyl (C=O) groups is 2. The zero-order valence-electron chi connectivity index (χ0n) is 16.0. The number of hydrogen-bond acceptors (Lipinski definition) is 5. The Morgan fingerprint density at radius 3 is 2.25 bits per heavy atom. The molecule has 0 saturated carbocycles. The Hall–Kier alpha value is -3.54. The van der Waals surface area contributed by atoms with E-state index >= 15 is 0 Å². The summed E-state index contributed by atoms with van der Waals surface area (Å²) in [4.78, 5) is 25.3. The summed E-state index contributed by atoms with van der Waals surface area (Å²) in [6, 6.07) is 14.7. The lowest BCUT2D eigenvalue weighted by atomic mass is 10.1. The predicted molar refractivity (Wildman–Crippen MR) is 110 cm³/mol. The van der Waals surface area contributed by atoms with Crippen molar-refractivity contribution in [1.29, 1.82) is 0 Å². The summed E-state index contributed by atoms with van der Waals surface area (Å²) in [6.07, 6.45) is 0.893. The number of anilines is 2. The number of nitrogens with one attached hydrogen (secondary N) is 3. The molecule has 28 heavy (non-hydrogen) atoms. The number of aryl methyl sites for hydroxylation is 1. The molecule has 144 valence electrons. The van der Waals surface area contributed by atoms with Crippen molar-refractivity contribution in [1.82, 2.24) is 5.32 Å². The van der Waals surface area contributed by atoms with Crippen LogP contribution in [0.5, 0.6) is 0 Å². The van der Waals surface area contributed by atoms with Crippen LogP contribution in [0.3, 0.4) is 0 Å². The molecule has 0 unspecified atom stereocenters. The molecule has 3 rings (SSSR count). The third-order valence-electron chi connectivity index (χ3n) is 4.37. The average molecular weight is 377 g/mol. The fraction of sp³-hybridized carbons (Fsp3) is 0.182. The van der Waals surface area contributed by atoms with Gasteiger partial charge in [0.25, 0.3) is 5.91 Å². The number of carbonyl (C=O) groups excluding carboxylic acids is 2. The molecular formula is C22H23N3O3. The first-order valence-electron chi connectivity index (χ1n) is 9.17. The number of para-hydroxylation sites is 2. The fourth-order valence-electron chi connectivity index (χ4n) is 2.87. The van der Waals surface area contributed by atoms with Crippen LogP contribution in [0.15, 0.2) is 72.2 Å². The highest BCUT2D eigenvalue weighted by Crippen LogP contribution is 2.30. The van der Waals surface area contributed by atoms with Gasteiger partial charge in [0, 0.05) is 11.3 Å². The van der Waals surface area contributed by atoms with E-state index in [0.717, 1.165) is 17.7 Å². The number of rotatable bonds is 5. The summed E-state index contributed by atoms with van der Waals surface area (Å²) < 4.78 is 5.17. The van der Waals surface area contributed by atoms with E-state index < -0.39 is 5.97 Å². The molecule has 6 nitrogen and oxygen atoms in total. The molecule has 1 heterocycles.